The third-order valence-electron chi connectivity index (χ3n) is 6.42. The van der Waals surface area contributed by atoms with Gasteiger partial charge in [-0.05, 0) is 34.9 Å². The van der Waals surface area contributed by atoms with Crippen LogP contribution in [0.15, 0.2) is 42.5 Å². The number of ether oxygens (including phenoxy) is 1. The lowest BCUT2D eigenvalue weighted by Gasteiger charge is -2.43. The number of carbonyl (C=O) groups excluding carboxylic acids is 2. The van der Waals surface area contributed by atoms with Gasteiger partial charge in [0.15, 0.2) is 0 Å². The minimum atomic E-state index is -0.884. The summed E-state index contributed by atoms with van der Waals surface area (Å²) in [5.41, 5.74) is 13.8. The fourth-order valence-electron chi connectivity index (χ4n) is 4.35. The Hall–Kier alpha value is -2.94. The van der Waals surface area contributed by atoms with Gasteiger partial charge in [0.1, 0.15) is 5.54 Å². The van der Waals surface area contributed by atoms with Gasteiger partial charge in [-0.3, -0.25) is 9.59 Å². The molecule has 5 rings (SSSR count). The second-order valence-corrected chi connectivity index (χ2v) is 8.55. The van der Waals surface area contributed by atoms with Crippen LogP contribution >= 0.6 is 0 Å². The Kier molecular flexibility index (Phi) is 4.92. The number of piperazine rings is 1. The van der Waals surface area contributed by atoms with Crippen molar-refractivity contribution in [1.82, 2.24) is 15.2 Å². The fraction of sp³-hybridized carbons (Fsp3) is 0.391. The second kappa shape index (κ2) is 7.64. The van der Waals surface area contributed by atoms with E-state index in [1.807, 2.05) is 36.3 Å². The van der Waals surface area contributed by atoms with Crippen LogP contribution in [0.4, 0.5) is 5.69 Å². The van der Waals surface area contributed by atoms with Gasteiger partial charge < -0.3 is 25.3 Å². The quantitative estimate of drug-likeness (QED) is 0.763. The van der Waals surface area contributed by atoms with Crippen molar-refractivity contribution in [2.45, 2.75) is 12.1 Å². The molecular weight excluding hydrogens is 394 g/mol. The van der Waals surface area contributed by atoms with Gasteiger partial charge in [-0.15, -0.1) is 0 Å². The van der Waals surface area contributed by atoms with Crippen LogP contribution in [0, 0.1) is 0 Å². The van der Waals surface area contributed by atoms with Crippen LogP contribution in [0.2, 0.25) is 0 Å². The maximum atomic E-state index is 12.9. The highest BCUT2D eigenvalue weighted by molar-refractivity contribution is 5.95. The van der Waals surface area contributed by atoms with Crippen molar-refractivity contribution in [3.05, 3.63) is 53.6 Å². The lowest BCUT2D eigenvalue weighted by molar-refractivity contribution is -0.155. The zero-order valence-electron chi connectivity index (χ0n) is 17.6. The number of nitrogens with two attached hydrogens (primary N) is 1. The number of nitrogens with one attached hydrogen (secondary N) is 1. The van der Waals surface area contributed by atoms with E-state index in [0.717, 1.165) is 17.7 Å². The first kappa shape index (κ1) is 20.0. The molecular formula is C23H27N5O3. The molecule has 31 heavy (non-hydrogen) atoms. The molecule has 162 valence electrons. The maximum Gasteiger partial charge on any atom is 0.253 e. The van der Waals surface area contributed by atoms with Gasteiger partial charge in [0.2, 0.25) is 5.91 Å². The van der Waals surface area contributed by atoms with Crippen molar-refractivity contribution in [3.8, 4) is 11.1 Å². The fourth-order valence-corrected chi connectivity index (χ4v) is 4.35. The molecule has 2 aromatic carbocycles. The van der Waals surface area contributed by atoms with Crippen LogP contribution in [0.3, 0.4) is 0 Å². The number of hydrogen-bond acceptors (Lipinski definition) is 6. The average molecular weight is 422 g/mol. The molecule has 0 aliphatic carbocycles. The van der Waals surface area contributed by atoms with Gasteiger partial charge in [0, 0.05) is 45.3 Å². The summed E-state index contributed by atoms with van der Waals surface area (Å²) in [6.45, 7) is 3.40. The summed E-state index contributed by atoms with van der Waals surface area (Å²) in [5, 5.41) is 2.03. The second-order valence-electron chi connectivity index (χ2n) is 8.55. The summed E-state index contributed by atoms with van der Waals surface area (Å²) in [7, 11) is 2.01. The molecule has 3 heterocycles. The molecule has 0 aromatic heterocycles. The number of nitrogens with zero attached hydrogens (tertiary/aromatic N) is 3. The Morgan fingerprint density at radius 3 is 2.26 bits per heavy atom. The first-order chi connectivity index (χ1) is 14.9. The van der Waals surface area contributed by atoms with Crippen LogP contribution < -0.4 is 16.2 Å². The molecule has 0 radical (unpaired) electrons. The summed E-state index contributed by atoms with van der Waals surface area (Å²) >= 11 is 0. The lowest BCUT2D eigenvalue weighted by atomic mass is 9.96. The van der Waals surface area contributed by atoms with Crippen LogP contribution in [-0.4, -0.2) is 73.6 Å². The molecule has 2 aromatic rings. The number of hydrazine groups is 1. The normalized spacial score (nSPS) is 19.7. The van der Waals surface area contributed by atoms with Crippen molar-refractivity contribution in [3.63, 3.8) is 0 Å². The number of benzene rings is 2. The molecule has 3 aliphatic rings. The Labute approximate surface area is 181 Å². The topological polar surface area (TPSA) is 91.1 Å². The highest BCUT2D eigenvalue weighted by Gasteiger charge is 2.45. The van der Waals surface area contributed by atoms with E-state index in [0.29, 0.717) is 31.7 Å². The summed E-state index contributed by atoms with van der Waals surface area (Å²) in [6.07, 6.45) is 0. The molecule has 0 bridgehead atoms. The Balaban J connectivity index is 1.23. The molecule has 2 amide bonds. The number of carbonyl (C=O) groups is 2. The molecule has 8 nitrogen and oxygen atoms in total. The third kappa shape index (κ3) is 3.56. The van der Waals surface area contributed by atoms with E-state index in [1.165, 1.54) is 11.3 Å². The van der Waals surface area contributed by atoms with Crippen LogP contribution in [0.25, 0.3) is 11.1 Å². The molecule has 0 saturated carbocycles. The summed E-state index contributed by atoms with van der Waals surface area (Å²) < 4.78 is 5.09. The van der Waals surface area contributed by atoms with Crippen molar-refractivity contribution in [1.29, 1.82) is 0 Å². The van der Waals surface area contributed by atoms with Gasteiger partial charge in [0.05, 0.1) is 18.9 Å². The summed E-state index contributed by atoms with van der Waals surface area (Å²) in [6, 6.07) is 14.2. The Morgan fingerprint density at radius 1 is 0.968 bits per heavy atom. The van der Waals surface area contributed by atoms with Crippen molar-refractivity contribution in [2.24, 2.45) is 5.73 Å². The van der Waals surface area contributed by atoms with E-state index in [4.69, 9.17) is 10.5 Å². The molecule has 8 heteroatoms. The van der Waals surface area contributed by atoms with Gasteiger partial charge in [-0.1, -0.05) is 24.3 Å². The van der Waals surface area contributed by atoms with Gasteiger partial charge in [-0.25, -0.2) is 5.43 Å². The maximum absolute atomic E-state index is 12.9. The minimum absolute atomic E-state index is 0.00836. The molecule has 2 fully saturated rings. The summed E-state index contributed by atoms with van der Waals surface area (Å²) in [4.78, 5) is 29.0. The van der Waals surface area contributed by atoms with Gasteiger partial charge in [0.25, 0.3) is 5.91 Å². The Morgan fingerprint density at radius 2 is 1.61 bits per heavy atom. The number of anilines is 1. The molecule has 3 aliphatic heterocycles. The number of fused-ring (bicyclic) bond motifs is 1. The van der Waals surface area contributed by atoms with Crippen molar-refractivity contribution >= 4 is 17.5 Å². The highest BCUT2D eigenvalue weighted by atomic mass is 16.5. The van der Waals surface area contributed by atoms with E-state index < -0.39 is 5.54 Å². The van der Waals surface area contributed by atoms with E-state index in [-0.39, 0.29) is 25.0 Å². The highest BCUT2D eigenvalue weighted by Crippen LogP contribution is 2.30. The van der Waals surface area contributed by atoms with Crippen LogP contribution in [-0.2, 0) is 16.1 Å². The first-order valence-corrected chi connectivity index (χ1v) is 10.6. The third-order valence-corrected chi connectivity index (χ3v) is 6.42. The van der Waals surface area contributed by atoms with Crippen molar-refractivity contribution in [2.75, 3.05) is 51.4 Å². The van der Waals surface area contributed by atoms with E-state index in [9.17, 15) is 9.59 Å². The SMILES string of the molecule is CN1NCc2ccc(-c3ccc(C(=O)N4CCN(C(=O)C5(N)COC5)CC4)cc3)cc21. The molecule has 0 unspecified atom stereocenters. The van der Waals surface area contributed by atoms with Gasteiger partial charge in [-0.2, -0.15) is 0 Å². The Bertz CT molecular complexity index is 1010. The predicted octanol–water partition coefficient (Wildman–Crippen LogP) is 0.820. The predicted molar refractivity (Wildman–Crippen MR) is 117 cm³/mol. The van der Waals surface area contributed by atoms with E-state index >= 15 is 0 Å². The summed E-state index contributed by atoms with van der Waals surface area (Å²) in [5.74, 6) is -0.0867. The molecule has 0 atom stereocenters. The van der Waals surface area contributed by atoms with E-state index in [2.05, 4.69) is 23.6 Å². The molecule has 2 saturated heterocycles. The molecule has 0 spiro atoms. The largest absolute Gasteiger partial charge is 0.376 e. The smallest absolute Gasteiger partial charge is 0.253 e. The van der Waals surface area contributed by atoms with Crippen LogP contribution in [0.5, 0.6) is 0 Å². The number of hydrogen-bond donors (Lipinski definition) is 2. The number of rotatable bonds is 3. The number of amides is 2. The average Bonchev–Trinajstić information content (AvgIpc) is 3.17. The zero-order valence-corrected chi connectivity index (χ0v) is 17.6. The monoisotopic (exact) mass is 421 g/mol. The van der Waals surface area contributed by atoms with Crippen LogP contribution in [0.1, 0.15) is 15.9 Å². The lowest BCUT2D eigenvalue weighted by Crippen LogP contribution is -2.68. The van der Waals surface area contributed by atoms with Gasteiger partial charge >= 0.3 is 0 Å². The van der Waals surface area contributed by atoms with E-state index in [1.54, 1.807) is 9.80 Å². The minimum Gasteiger partial charge on any atom is -0.376 e. The first-order valence-electron chi connectivity index (χ1n) is 10.6. The molecule has 3 N–H and O–H groups in total. The standard InChI is InChI=1S/C23H27N5O3/c1-26-20-12-18(6-7-19(20)13-25-26)16-2-4-17(5-3-16)21(29)27-8-10-28(11-9-27)22(30)23(24)14-31-15-23/h2-7,12,25H,8-11,13-15,24H2,1H3. The van der Waals surface area contributed by atoms with Crippen molar-refractivity contribution < 1.29 is 14.3 Å². The zero-order chi connectivity index (χ0) is 21.6.